The van der Waals surface area contributed by atoms with Crippen LogP contribution in [0, 0.1) is 0 Å². The van der Waals surface area contributed by atoms with Gasteiger partial charge in [-0.2, -0.15) is 0 Å². The Morgan fingerprint density at radius 3 is 2.50 bits per heavy atom. The number of nitrogens with two attached hydrogens (primary N) is 1. The highest BCUT2D eigenvalue weighted by Gasteiger charge is 2.03. The first-order valence-corrected chi connectivity index (χ1v) is 7.50. The molecule has 0 bridgehead atoms. The lowest BCUT2D eigenvalue weighted by Gasteiger charge is -2.12. The standard InChI is InChI=1S/C18H24N2O2/c1-14(11-19)20-12-15-7-9-17(10-8-15)22-13-16-5-3-4-6-18(16)21-2/h3-10,14,20H,11-13,19H2,1-2H3. The maximum absolute atomic E-state index is 5.82. The molecule has 1 unspecified atom stereocenters. The second-order valence-electron chi connectivity index (χ2n) is 5.26. The van der Waals surface area contributed by atoms with Gasteiger partial charge in [-0.15, -0.1) is 0 Å². The largest absolute Gasteiger partial charge is 0.496 e. The Kier molecular flexibility index (Phi) is 6.25. The number of methoxy groups -OCH3 is 1. The summed E-state index contributed by atoms with van der Waals surface area (Å²) in [6.45, 7) is 4.02. The van der Waals surface area contributed by atoms with Crippen molar-refractivity contribution in [2.24, 2.45) is 5.73 Å². The molecular formula is C18H24N2O2. The van der Waals surface area contributed by atoms with Crippen LogP contribution in [0.3, 0.4) is 0 Å². The molecule has 0 aliphatic heterocycles. The Bertz CT molecular complexity index is 570. The number of ether oxygens (including phenoxy) is 2. The van der Waals surface area contributed by atoms with E-state index >= 15 is 0 Å². The van der Waals surface area contributed by atoms with Crippen molar-refractivity contribution in [1.82, 2.24) is 5.32 Å². The quantitative estimate of drug-likeness (QED) is 0.787. The third kappa shape index (κ3) is 4.76. The van der Waals surface area contributed by atoms with Gasteiger partial charge in [-0.1, -0.05) is 30.3 Å². The first-order valence-electron chi connectivity index (χ1n) is 7.50. The molecule has 0 radical (unpaired) electrons. The molecule has 0 spiro atoms. The fourth-order valence-corrected chi connectivity index (χ4v) is 2.06. The average Bonchev–Trinajstić information content (AvgIpc) is 2.58. The van der Waals surface area contributed by atoms with Crippen LogP contribution in [0.2, 0.25) is 0 Å². The van der Waals surface area contributed by atoms with Gasteiger partial charge in [-0.25, -0.2) is 0 Å². The fourth-order valence-electron chi connectivity index (χ4n) is 2.06. The minimum absolute atomic E-state index is 0.321. The normalized spacial score (nSPS) is 12.0. The topological polar surface area (TPSA) is 56.5 Å². The van der Waals surface area contributed by atoms with Gasteiger partial charge in [0, 0.05) is 24.7 Å². The van der Waals surface area contributed by atoms with E-state index < -0.39 is 0 Å². The zero-order valence-electron chi connectivity index (χ0n) is 13.2. The molecule has 3 N–H and O–H groups in total. The van der Waals surface area contributed by atoms with E-state index in [0.29, 0.717) is 19.2 Å². The van der Waals surface area contributed by atoms with Crippen molar-refractivity contribution in [3.63, 3.8) is 0 Å². The summed E-state index contributed by atoms with van der Waals surface area (Å²) in [6, 6.07) is 16.3. The van der Waals surface area contributed by atoms with Crippen molar-refractivity contribution in [2.75, 3.05) is 13.7 Å². The third-order valence-electron chi connectivity index (χ3n) is 3.52. The molecule has 0 heterocycles. The number of para-hydroxylation sites is 1. The summed E-state index contributed by atoms with van der Waals surface area (Å²) in [5.74, 6) is 1.70. The van der Waals surface area contributed by atoms with E-state index in [0.717, 1.165) is 23.6 Å². The molecule has 2 aromatic carbocycles. The molecule has 22 heavy (non-hydrogen) atoms. The van der Waals surface area contributed by atoms with Crippen LogP contribution in [-0.4, -0.2) is 19.7 Å². The SMILES string of the molecule is COc1ccccc1COc1ccc(CNC(C)CN)cc1. The van der Waals surface area contributed by atoms with E-state index in [2.05, 4.69) is 24.4 Å². The molecule has 4 nitrogen and oxygen atoms in total. The van der Waals surface area contributed by atoms with Gasteiger partial charge in [-0.05, 0) is 30.7 Å². The van der Waals surface area contributed by atoms with Crippen LogP contribution in [0.25, 0.3) is 0 Å². The van der Waals surface area contributed by atoms with Gasteiger partial charge in [0.05, 0.1) is 7.11 Å². The van der Waals surface area contributed by atoms with E-state index in [1.807, 2.05) is 36.4 Å². The maximum Gasteiger partial charge on any atom is 0.125 e. The molecule has 0 fully saturated rings. The van der Waals surface area contributed by atoms with Gasteiger partial charge in [0.15, 0.2) is 0 Å². The first kappa shape index (κ1) is 16.3. The Hall–Kier alpha value is -2.04. The Balaban J connectivity index is 1.88. The molecule has 4 heteroatoms. The van der Waals surface area contributed by atoms with E-state index in [-0.39, 0.29) is 0 Å². The molecule has 0 aliphatic carbocycles. The van der Waals surface area contributed by atoms with Gasteiger partial charge in [-0.3, -0.25) is 0 Å². The molecule has 0 amide bonds. The van der Waals surface area contributed by atoms with E-state index in [1.165, 1.54) is 5.56 Å². The summed E-state index contributed by atoms with van der Waals surface area (Å²) in [5.41, 5.74) is 7.83. The van der Waals surface area contributed by atoms with Gasteiger partial charge >= 0.3 is 0 Å². The Morgan fingerprint density at radius 2 is 1.82 bits per heavy atom. The maximum atomic E-state index is 5.82. The number of nitrogens with one attached hydrogen (secondary N) is 1. The van der Waals surface area contributed by atoms with Crippen LogP contribution in [0.15, 0.2) is 48.5 Å². The summed E-state index contributed by atoms with van der Waals surface area (Å²) in [6.07, 6.45) is 0. The van der Waals surface area contributed by atoms with Crippen LogP contribution in [0.5, 0.6) is 11.5 Å². The zero-order chi connectivity index (χ0) is 15.8. The highest BCUT2D eigenvalue weighted by molar-refractivity contribution is 5.33. The van der Waals surface area contributed by atoms with Crippen molar-refractivity contribution >= 4 is 0 Å². The number of rotatable bonds is 8. The van der Waals surface area contributed by atoms with Crippen LogP contribution in [0.4, 0.5) is 0 Å². The van der Waals surface area contributed by atoms with Crippen molar-refractivity contribution in [3.05, 3.63) is 59.7 Å². The number of hydrogen-bond acceptors (Lipinski definition) is 4. The second-order valence-corrected chi connectivity index (χ2v) is 5.26. The van der Waals surface area contributed by atoms with E-state index in [1.54, 1.807) is 7.11 Å². The number of hydrogen-bond donors (Lipinski definition) is 2. The van der Waals surface area contributed by atoms with Crippen LogP contribution in [-0.2, 0) is 13.2 Å². The molecule has 0 aromatic heterocycles. The predicted molar refractivity (Wildman–Crippen MR) is 89.1 cm³/mol. The molecule has 0 aliphatic rings. The Morgan fingerprint density at radius 1 is 1.09 bits per heavy atom. The van der Waals surface area contributed by atoms with Crippen LogP contribution < -0.4 is 20.5 Å². The lowest BCUT2D eigenvalue weighted by atomic mass is 10.2. The summed E-state index contributed by atoms with van der Waals surface area (Å²) < 4.78 is 11.1. The zero-order valence-corrected chi connectivity index (χ0v) is 13.2. The highest BCUT2D eigenvalue weighted by atomic mass is 16.5. The smallest absolute Gasteiger partial charge is 0.125 e. The van der Waals surface area contributed by atoms with Crippen molar-refractivity contribution in [1.29, 1.82) is 0 Å². The number of benzene rings is 2. The molecule has 0 saturated carbocycles. The lowest BCUT2D eigenvalue weighted by Crippen LogP contribution is -2.32. The Labute approximate surface area is 132 Å². The molecule has 1 atom stereocenters. The first-order chi connectivity index (χ1) is 10.7. The molecule has 2 aromatic rings. The fraction of sp³-hybridized carbons (Fsp3) is 0.333. The van der Waals surface area contributed by atoms with Gasteiger partial charge in [0.25, 0.3) is 0 Å². The molecule has 118 valence electrons. The van der Waals surface area contributed by atoms with E-state index in [4.69, 9.17) is 15.2 Å². The second kappa shape index (κ2) is 8.41. The molecule has 0 saturated heterocycles. The lowest BCUT2D eigenvalue weighted by molar-refractivity contribution is 0.296. The van der Waals surface area contributed by atoms with Crippen LogP contribution in [0.1, 0.15) is 18.1 Å². The molecular weight excluding hydrogens is 276 g/mol. The summed E-state index contributed by atoms with van der Waals surface area (Å²) in [4.78, 5) is 0. The van der Waals surface area contributed by atoms with Crippen LogP contribution >= 0.6 is 0 Å². The highest BCUT2D eigenvalue weighted by Crippen LogP contribution is 2.20. The van der Waals surface area contributed by atoms with Crippen molar-refractivity contribution < 1.29 is 9.47 Å². The van der Waals surface area contributed by atoms with Gasteiger partial charge in [0.1, 0.15) is 18.1 Å². The summed E-state index contributed by atoms with van der Waals surface area (Å²) in [7, 11) is 1.67. The van der Waals surface area contributed by atoms with Crippen molar-refractivity contribution in [2.45, 2.75) is 26.1 Å². The average molecular weight is 300 g/mol. The predicted octanol–water partition coefficient (Wildman–Crippen LogP) is 2.71. The minimum Gasteiger partial charge on any atom is -0.496 e. The third-order valence-corrected chi connectivity index (χ3v) is 3.52. The van der Waals surface area contributed by atoms with Gasteiger partial charge < -0.3 is 20.5 Å². The summed E-state index contributed by atoms with van der Waals surface area (Å²) in [5, 5.41) is 3.36. The monoisotopic (exact) mass is 300 g/mol. The van der Waals surface area contributed by atoms with Crippen molar-refractivity contribution in [3.8, 4) is 11.5 Å². The van der Waals surface area contributed by atoms with Gasteiger partial charge in [0.2, 0.25) is 0 Å². The summed E-state index contributed by atoms with van der Waals surface area (Å²) >= 11 is 0. The van der Waals surface area contributed by atoms with E-state index in [9.17, 15) is 0 Å². The molecule has 2 rings (SSSR count). The minimum atomic E-state index is 0.321.